The Labute approximate surface area is 120 Å². The molecule has 5 nitrogen and oxygen atoms in total. The molecule has 0 spiro atoms. The lowest BCUT2D eigenvalue weighted by Gasteiger charge is -2.18. The molecule has 0 radical (unpaired) electrons. The van der Waals surface area contributed by atoms with Crippen molar-refractivity contribution in [3.8, 4) is 11.5 Å². The molecule has 4 N–H and O–H groups in total. The van der Waals surface area contributed by atoms with E-state index in [-0.39, 0.29) is 6.04 Å². The molecule has 0 saturated carbocycles. The number of carbonyl (C=O) groups is 1. The number of benzene rings is 1. The van der Waals surface area contributed by atoms with Gasteiger partial charge in [-0.3, -0.25) is 4.79 Å². The van der Waals surface area contributed by atoms with Crippen LogP contribution < -0.4 is 20.9 Å². The standard InChI is InChI=1S/C15H24N2O3/c1-4-11(16)8-10-6-7-13(19-3)14(9-10)20-12(5-2)15(17)18/h6-7,9,11-12H,4-5,8,16H2,1-3H3,(H2,17,18). The average molecular weight is 280 g/mol. The topological polar surface area (TPSA) is 87.6 Å². The summed E-state index contributed by atoms with van der Waals surface area (Å²) in [5, 5.41) is 0. The molecular weight excluding hydrogens is 256 g/mol. The van der Waals surface area contributed by atoms with Crippen LogP contribution >= 0.6 is 0 Å². The van der Waals surface area contributed by atoms with Crippen molar-refractivity contribution in [1.29, 1.82) is 0 Å². The highest BCUT2D eigenvalue weighted by atomic mass is 16.5. The number of methoxy groups -OCH3 is 1. The van der Waals surface area contributed by atoms with Crippen LogP contribution in [0.1, 0.15) is 32.3 Å². The van der Waals surface area contributed by atoms with Crippen LogP contribution in [0.4, 0.5) is 0 Å². The molecule has 2 atom stereocenters. The van der Waals surface area contributed by atoms with Crippen LogP contribution in [0, 0.1) is 0 Å². The maximum absolute atomic E-state index is 11.3. The van der Waals surface area contributed by atoms with E-state index in [4.69, 9.17) is 20.9 Å². The molecule has 1 amide bonds. The molecule has 0 saturated heterocycles. The summed E-state index contributed by atoms with van der Waals surface area (Å²) < 4.78 is 10.9. The Bertz CT molecular complexity index is 449. The third-order valence-electron chi connectivity index (χ3n) is 3.21. The zero-order chi connectivity index (χ0) is 15.1. The number of hydrogen-bond donors (Lipinski definition) is 2. The quantitative estimate of drug-likeness (QED) is 0.757. The summed E-state index contributed by atoms with van der Waals surface area (Å²) in [5.41, 5.74) is 12.3. The van der Waals surface area contributed by atoms with E-state index in [1.165, 1.54) is 0 Å². The third kappa shape index (κ3) is 4.42. The Kier molecular flexibility index (Phi) is 6.31. The highest BCUT2D eigenvalue weighted by Crippen LogP contribution is 2.29. The van der Waals surface area contributed by atoms with Gasteiger partial charge in [0.2, 0.25) is 0 Å². The molecule has 1 aromatic rings. The number of carbonyl (C=O) groups excluding carboxylic acids is 1. The van der Waals surface area contributed by atoms with E-state index in [0.717, 1.165) is 18.4 Å². The molecule has 2 unspecified atom stereocenters. The molecular formula is C15H24N2O3. The number of hydrogen-bond acceptors (Lipinski definition) is 4. The van der Waals surface area contributed by atoms with Crippen LogP contribution in [0.25, 0.3) is 0 Å². The van der Waals surface area contributed by atoms with Crippen LogP contribution in [0.5, 0.6) is 11.5 Å². The molecule has 20 heavy (non-hydrogen) atoms. The van der Waals surface area contributed by atoms with Gasteiger partial charge in [0.05, 0.1) is 7.11 Å². The van der Waals surface area contributed by atoms with Crippen LogP contribution in [0.3, 0.4) is 0 Å². The van der Waals surface area contributed by atoms with Gasteiger partial charge in [0.25, 0.3) is 5.91 Å². The maximum Gasteiger partial charge on any atom is 0.258 e. The first-order valence-corrected chi connectivity index (χ1v) is 6.90. The van der Waals surface area contributed by atoms with Gasteiger partial charge in [-0.25, -0.2) is 0 Å². The first-order valence-electron chi connectivity index (χ1n) is 6.90. The summed E-state index contributed by atoms with van der Waals surface area (Å²) in [6, 6.07) is 5.74. The fourth-order valence-electron chi connectivity index (χ4n) is 1.88. The van der Waals surface area contributed by atoms with Crippen molar-refractivity contribution in [2.45, 2.75) is 45.3 Å². The zero-order valence-electron chi connectivity index (χ0n) is 12.4. The third-order valence-corrected chi connectivity index (χ3v) is 3.21. The Morgan fingerprint density at radius 1 is 1.25 bits per heavy atom. The zero-order valence-corrected chi connectivity index (χ0v) is 12.4. The van der Waals surface area contributed by atoms with Crippen LogP contribution in [0.2, 0.25) is 0 Å². The summed E-state index contributed by atoms with van der Waals surface area (Å²) in [7, 11) is 1.56. The lowest BCUT2D eigenvalue weighted by Crippen LogP contribution is -2.33. The second-order valence-electron chi connectivity index (χ2n) is 4.77. The second-order valence-corrected chi connectivity index (χ2v) is 4.77. The lowest BCUT2D eigenvalue weighted by molar-refractivity contribution is -0.124. The van der Waals surface area contributed by atoms with E-state index in [9.17, 15) is 4.79 Å². The monoisotopic (exact) mass is 280 g/mol. The van der Waals surface area contributed by atoms with Crippen molar-refractivity contribution in [3.63, 3.8) is 0 Å². The maximum atomic E-state index is 11.3. The highest BCUT2D eigenvalue weighted by molar-refractivity contribution is 5.79. The van der Waals surface area contributed by atoms with E-state index in [2.05, 4.69) is 0 Å². The van der Waals surface area contributed by atoms with Crippen LogP contribution in [0.15, 0.2) is 18.2 Å². The Morgan fingerprint density at radius 3 is 2.45 bits per heavy atom. The number of amides is 1. The molecule has 0 aliphatic heterocycles. The van der Waals surface area contributed by atoms with Gasteiger partial charge < -0.3 is 20.9 Å². The fourth-order valence-corrected chi connectivity index (χ4v) is 1.88. The SMILES string of the molecule is CCC(N)Cc1ccc(OC)c(OC(CC)C(N)=O)c1. The summed E-state index contributed by atoms with van der Waals surface area (Å²) in [5.74, 6) is 0.627. The lowest BCUT2D eigenvalue weighted by atomic mass is 10.0. The minimum atomic E-state index is -0.654. The first-order chi connectivity index (χ1) is 9.51. The van der Waals surface area contributed by atoms with Crippen molar-refractivity contribution < 1.29 is 14.3 Å². The molecule has 0 fully saturated rings. The van der Waals surface area contributed by atoms with E-state index >= 15 is 0 Å². The van der Waals surface area contributed by atoms with Crippen LogP contribution in [-0.4, -0.2) is 25.2 Å². The number of nitrogens with two attached hydrogens (primary N) is 2. The molecule has 112 valence electrons. The molecule has 1 aromatic carbocycles. The predicted molar refractivity (Wildman–Crippen MR) is 78.9 cm³/mol. The number of primary amides is 1. The van der Waals surface area contributed by atoms with E-state index in [1.807, 2.05) is 32.0 Å². The van der Waals surface area contributed by atoms with Crippen molar-refractivity contribution in [3.05, 3.63) is 23.8 Å². The predicted octanol–water partition coefficient (Wildman–Crippen LogP) is 1.62. The van der Waals surface area contributed by atoms with E-state index in [0.29, 0.717) is 17.9 Å². The van der Waals surface area contributed by atoms with E-state index in [1.54, 1.807) is 7.11 Å². The fraction of sp³-hybridized carbons (Fsp3) is 0.533. The Hall–Kier alpha value is -1.75. The average Bonchev–Trinajstić information content (AvgIpc) is 2.44. The van der Waals surface area contributed by atoms with Gasteiger partial charge in [0, 0.05) is 6.04 Å². The molecule has 0 aliphatic rings. The first kappa shape index (κ1) is 16.3. The molecule has 0 aromatic heterocycles. The smallest absolute Gasteiger partial charge is 0.258 e. The van der Waals surface area contributed by atoms with Gasteiger partial charge in [-0.05, 0) is 37.0 Å². The summed E-state index contributed by atoms with van der Waals surface area (Å²) >= 11 is 0. The van der Waals surface area contributed by atoms with Crippen molar-refractivity contribution in [2.24, 2.45) is 11.5 Å². The Morgan fingerprint density at radius 2 is 1.95 bits per heavy atom. The highest BCUT2D eigenvalue weighted by Gasteiger charge is 2.17. The van der Waals surface area contributed by atoms with Crippen LogP contribution in [-0.2, 0) is 11.2 Å². The van der Waals surface area contributed by atoms with Crippen molar-refractivity contribution >= 4 is 5.91 Å². The molecule has 0 aliphatic carbocycles. The van der Waals surface area contributed by atoms with Gasteiger partial charge in [0.1, 0.15) is 0 Å². The summed E-state index contributed by atoms with van der Waals surface area (Å²) in [6.45, 7) is 3.89. The van der Waals surface area contributed by atoms with Gasteiger partial charge in [-0.2, -0.15) is 0 Å². The van der Waals surface area contributed by atoms with Gasteiger partial charge >= 0.3 is 0 Å². The van der Waals surface area contributed by atoms with Gasteiger partial charge in [0.15, 0.2) is 17.6 Å². The van der Waals surface area contributed by atoms with Gasteiger partial charge in [-0.15, -0.1) is 0 Å². The molecule has 5 heteroatoms. The molecule has 1 rings (SSSR count). The molecule has 0 bridgehead atoms. The Balaban J connectivity index is 2.96. The number of ether oxygens (including phenoxy) is 2. The van der Waals surface area contributed by atoms with Crippen molar-refractivity contribution in [1.82, 2.24) is 0 Å². The largest absolute Gasteiger partial charge is 0.493 e. The second kappa shape index (κ2) is 7.75. The summed E-state index contributed by atoms with van der Waals surface area (Å²) in [4.78, 5) is 11.3. The summed E-state index contributed by atoms with van der Waals surface area (Å²) in [6.07, 6.45) is 1.52. The minimum absolute atomic E-state index is 0.106. The normalized spacial score (nSPS) is 13.6. The van der Waals surface area contributed by atoms with Gasteiger partial charge in [-0.1, -0.05) is 19.9 Å². The molecule has 0 heterocycles. The van der Waals surface area contributed by atoms with Crippen molar-refractivity contribution in [2.75, 3.05) is 7.11 Å². The minimum Gasteiger partial charge on any atom is -0.493 e. The number of rotatable bonds is 8. The van der Waals surface area contributed by atoms with E-state index < -0.39 is 12.0 Å².